The Kier molecular flexibility index (Phi) is 5.07. The van der Waals surface area contributed by atoms with Crippen LogP contribution in [0.1, 0.15) is 19.3 Å². The number of hydrogen-bond donors (Lipinski definition) is 0. The molecular formula is C21H19F5N2O2. The summed E-state index contributed by atoms with van der Waals surface area (Å²) in [7, 11) is 0. The predicted molar refractivity (Wildman–Crippen MR) is 100 cm³/mol. The molecule has 0 aliphatic carbocycles. The Bertz CT molecular complexity index is 917. The Morgan fingerprint density at radius 3 is 2.00 bits per heavy atom. The zero-order chi connectivity index (χ0) is 21.5. The van der Waals surface area contributed by atoms with E-state index in [0.717, 1.165) is 0 Å². The van der Waals surface area contributed by atoms with Crippen LogP contribution in [-0.4, -0.2) is 31.9 Å². The summed E-state index contributed by atoms with van der Waals surface area (Å²) in [6.07, 6.45) is -3.29. The van der Waals surface area contributed by atoms with Gasteiger partial charge < -0.3 is 14.5 Å². The average molecular weight is 426 g/mol. The van der Waals surface area contributed by atoms with E-state index in [2.05, 4.69) is 4.74 Å². The minimum Gasteiger partial charge on any atom is -0.406 e. The average Bonchev–Trinajstić information content (AvgIpc) is 2.99. The molecule has 4 nitrogen and oxygen atoms in total. The molecule has 0 aromatic heterocycles. The molecule has 2 saturated heterocycles. The third kappa shape index (κ3) is 3.80. The van der Waals surface area contributed by atoms with E-state index < -0.39 is 23.4 Å². The molecule has 2 aliphatic rings. The molecule has 2 fully saturated rings. The summed E-state index contributed by atoms with van der Waals surface area (Å²) in [5.41, 5.74) is -0.205. The van der Waals surface area contributed by atoms with E-state index in [1.165, 1.54) is 42.5 Å². The van der Waals surface area contributed by atoms with Gasteiger partial charge in [0.2, 0.25) is 5.91 Å². The van der Waals surface area contributed by atoms with Crippen LogP contribution in [-0.2, 0) is 4.79 Å². The molecule has 0 radical (unpaired) electrons. The Morgan fingerprint density at radius 1 is 0.867 bits per heavy atom. The largest absolute Gasteiger partial charge is 0.573 e. The number of ether oxygens (including phenoxy) is 1. The Morgan fingerprint density at radius 2 is 1.43 bits per heavy atom. The molecule has 9 heteroatoms. The number of benzene rings is 2. The molecule has 2 aromatic rings. The van der Waals surface area contributed by atoms with E-state index in [1.54, 1.807) is 9.80 Å². The number of alkyl halides is 3. The van der Waals surface area contributed by atoms with Gasteiger partial charge in [0.1, 0.15) is 23.1 Å². The van der Waals surface area contributed by atoms with Gasteiger partial charge in [0.15, 0.2) is 0 Å². The van der Waals surface area contributed by atoms with Crippen molar-refractivity contribution in [3.63, 3.8) is 0 Å². The van der Waals surface area contributed by atoms with Gasteiger partial charge in [-0.1, -0.05) is 6.07 Å². The first-order valence-corrected chi connectivity index (χ1v) is 9.55. The third-order valence-corrected chi connectivity index (χ3v) is 5.87. The lowest BCUT2D eigenvalue weighted by molar-refractivity contribution is -0.274. The standard InChI is InChI=1S/C21H19F5N2O2/c22-16-2-1-3-17(23)18(16)27-11-8-20(9-12-27)10-13-28(19(20)29)14-4-6-15(7-5-14)30-21(24,25)26/h1-7H,8-13H2. The summed E-state index contributed by atoms with van der Waals surface area (Å²) in [4.78, 5) is 16.3. The molecule has 0 bridgehead atoms. The highest BCUT2D eigenvalue weighted by atomic mass is 19.4. The van der Waals surface area contributed by atoms with Crippen molar-refractivity contribution in [3.8, 4) is 5.75 Å². The molecule has 0 atom stereocenters. The topological polar surface area (TPSA) is 32.8 Å². The number of carbonyl (C=O) groups excluding carboxylic acids is 1. The first-order valence-electron chi connectivity index (χ1n) is 9.55. The van der Waals surface area contributed by atoms with E-state index >= 15 is 0 Å². The molecular weight excluding hydrogens is 407 g/mol. The van der Waals surface area contributed by atoms with Gasteiger partial charge in [0, 0.05) is 25.3 Å². The number of hydrogen-bond acceptors (Lipinski definition) is 3. The maximum Gasteiger partial charge on any atom is 0.573 e. The fourth-order valence-corrected chi connectivity index (χ4v) is 4.31. The first kappa shape index (κ1) is 20.4. The lowest BCUT2D eigenvalue weighted by Gasteiger charge is -2.39. The van der Waals surface area contributed by atoms with Gasteiger partial charge in [-0.3, -0.25) is 4.79 Å². The molecule has 30 heavy (non-hydrogen) atoms. The fourth-order valence-electron chi connectivity index (χ4n) is 4.31. The molecule has 160 valence electrons. The van der Waals surface area contributed by atoms with Crippen molar-refractivity contribution in [2.45, 2.75) is 25.6 Å². The van der Waals surface area contributed by atoms with Crippen LogP contribution < -0.4 is 14.5 Å². The molecule has 0 saturated carbocycles. The summed E-state index contributed by atoms with van der Waals surface area (Å²) < 4.78 is 68.9. The van der Waals surface area contributed by atoms with Crippen LogP contribution in [0.2, 0.25) is 0 Å². The van der Waals surface area contributed by atoms with Gasteiger partial charge in [-0.15, -0.1) is 13.2 Å². The lowest BCUT2D eigenvalue weighted by atomic mass is 9.77. The second-order valence-corrected chi connectivity index (χ2v) is 7.59. The van der Waals surface area contributed by atoms with E-state index in [9.17, 15) is 26.7 Å². The van der Waals surface area contributed by atoms with E-state index in [-0.39, 0.29) is 17.3 Å². The van der Waals surface area contributed by atoms with Crippen molar-refractivity contribution in [2.75, 3.05) is 29.4 Å². The minimum atomic E-state index is -4.78. The number of nitrogens with zero attached hydrogens (tertiary/aromatic N) is 2. The highest BCUT2D eigenvalue weighted by Gasteiger charge is 2.48. The predicted octanol–water partition coefficient (Wildman–Crippen LogP) is 4.89. The normalized spacial score (nSPS) is 18.9. The number of carbonyl (C=O) groups is 1. The van der Waals surface area contributed by atoms with Crippen LogP contribution in [0.3, 0.4) is 0 Å². The van der Waals surface area contributed by atoms with Crippen molar-refractivity contribution in [3.05, 3.63) is 54.1 Å². The van der Waals surface area contributed by atoms with E-state index in [0.29, 0.717) is 44.6 Å². The zero-order valence-corrected chi connectivity index (χ0v) is 15.9. The van der Waals surface area contributed by atoms with Crippen LogP contribution in [0.25, 0.3) is 0 Å². The molecule has 0 N–H and O–H groups in total. The number of amides is 1. The number of rotatable bonds is 3. The SMILES string of the molecule is O=C1N(c2ccc(OC(F)(F)F)cc2)CCC12CCN(c1c(F)cccc1F)CC2. The quantitative estimate of drug-likeness (QED) is 0.656. The minimum absolute atomic E-state index is 0.0742. The zero-order valence-electron chi connectivity index (χ0n) is 15.9. The van der Waals surface area contributed by atoms with Crippen molar-refractivity contribution in [1.29, 1.82) is 0 Å². The Balaban J connectivity index is 1.45. The molecule has 2 aromatic carbocycles. The maximum absolute atomic E-state index is 14.1. The van der Waals surface area contributed by atoms with Crippen molar-refractivity contribution in [2.24, 2.45) is 5.41 Å². The van der Waals surface area contributed by atoms with Gasteiger partial charge in [0.25, 0.3) is 0 Å². The Labute approximate surface area is 169 Å². The van der Waals surface area contributed by atoms with Gasteiger partial charge in [-0.25, -0.2) is 8.78 Å². The summed E-state index contributed by atoms with van der Waals surface area (Å²) in [5, 5.41) is 0. The second-order valence-electron chi connectivity index (χ2n) is 7.59. The van der Waals surface area contributed by atoms with Crippen LogP contribution in [0.4, 0.5) is 33.3 Å². The Hall–Kier alpha value is -2.84. The molecule has 0 unspecified atom stereocenters. The van der Waals surface area contributed by atoms with Crippen molar-refractivity contribution >= 4 is 17.3 Å². The maximum atomic E-state index is 14.1. The van der Waals surface area contributed by atoms with Crippen molar-refractivity contribution in [1.82, 2.24) is 0 Å². The van der Waals surface area contributed by atoms with Gasteiger partial charge in [-0.05, 0) is 55.7 Å². The number of anilines is 2. The summed E-state index contributed by atoms with van der Waals surface area (Å²) in [6, 6.07) is 8.90. The van der Waals surface area contributed by atoms with Crippen LogP contribution in [0, 0.1) is 17.0 Å². The lowest BCUT2D eigenvalue weighted by Crippen LogP contribution is -2.45. The van der Waals surface area contributed by atoms with Crippen molar-refractivity contribution < 1.29 is 31.5 Å². The summed E-state index contributed by atoms with van der Waals surface area (Å²) in [5.74, 6) is -1.73. The highest BCUT2D eigenvalue weighted by molar-refractivity contribution is 6.00. The van der Waals surface area contributed by atoms with Crippen LogP contribution in [0.15, 0.2) is 42.5 Å². The highest BCUT2D eigenvalue weighted by Crippen LogP contribution is 2.44. The van der Waals surface area contributed by atoms with Gasteiger partial charge >= 0.3 is 6.36 Å². The molecule has 2 heterocycles. The third-order valence-electron chi connectivity index (χ3n) is 5.87. The van der Waals surface area contributed by atoms with Gasteiger partial charge in [0.05, 0.1) is 5.41 Å². The van der Waals surface area contributed by atoms with Crippen LogP contribution in [0.5, 0.6) is 5.75 Å². The molecule has 4 rings (SSSR count). The summed E-state index contributed by atoms with van der Waals surface area (Å²) >= 11 is 0. The van der Waals surface area contributed by atoms with E-state index in [1.807, 2.05) is 0 Å². The fraction of sp³-hybridized carbons (Fsp3) is 0.381. The second kappa shape index (κ2) is 7.45. The summed E-state index contributed by atoms with van der Waals surface area (Å²) in [6.45, 7) is 1.12. The number of piperidine rings is 1. The molecule has 1 amide bonds. The van der Waals surface area contributed by atoms with E-state index in [4.69, 9.17) is 0 Å². The first-order chi connectivity index (χ1) is 14.2. The number of para-hydroxylation sites is 1. The monoisotopic (exact) mass is 426 g/mol. The smallest absolute Gasteiger partial charge is 0.406 e. The van der Waals surface area contributed by atoms with Crippen LogP contribution >= 0.6 is 0 Å². The molecule has 1 spiro atoms. The molecule has 2 aliphatic heterocycles. The number of halogens is 5. The van der Waals surface area contributed by atoms with Gasteiger partial charge in [-0.2, -0.15) is 0 Å².